The fourth-order valence-electron chi connectivity index (χ4n) is 1.40. The molecular weight excluding hydrogens is 164 g/mol. The summed E-state index contributed by atoms with van der Waals surface area (Å²) in [4.78, 5) is 11.2. The molecule has 1 saturated carbocycles. The van der Waals surface area contributed by atoms with Gasteiger partial charge in [0.1, 0.15) is 0 Å². The van der Waals surface area contributed by atoms with Gasteiger partial charge in [-0.05, 0) is 24.8 Å². The Balaban J connectivity index is 1.92. The van der Waals surface area contributed by atoms with Crippen LogP contribution in [0.3, 0.4) is 0 Å². The first kappa shape index (κ1) is 10.5. The second-order valence-electron chi connectivity index (χ2n) is 3.88. The third-order valence-electron chi connectivity index (χ3n) is 2.62. The summed E-state index contributed by atoms with van der Waals surface area (Å²) in [5.74, 6) is 1.76. The van der Waals surface area contributed by atoms with Crippen LogP contribution in [0.15, 0.2) is 0 Å². The lowest BCUT2D eigenvalue weighted by Gasteiger charge is -2.04. The normalized spacial score (nSPS) is 25.7. The van der Waals surface area contributed by atoms with Gasteiger partial charge in [-0.1, -0.05) is 13.8 Å². The third kappa shape index (κ3) is 4.27. The Morgan fingerprint density at radius 3 is 2.77 bits per heavy atom. The van der Waals surface area contributed by atoms with E-state index in [1.54, 1.807) is 0 Å². The number of amides is 1. The Hall–Kier alpha value is -0.570. The molecule has 2 unspecified atom stereocenters. The predicted octanol–water partition coefficient (Wildman–Crippen LogP) is 0.758. The lowest BCUT2D eigenvalue weighted by atomic mass is 10.3. The Morgan fingerprint density at radius 1 is 1.54 bits per heavy atom. The molecule has 3 nitrogen and oxygen atoms in total. The first-order valence-electron chi connectivity index (χ1n) is 5.21. The largest absolute Gasteiger partial charge is 0.356 e. The quantitative estimate of drug-likeness (QED) is 0.598. The molecular formula is C10H20N2O. The van der Waals surface area contributed by atoms with Crippen molar-refractivity contribution in [2.45, 2.75) is 26.7 Å². The van der Waals surface area contributed by atoms with Crippen molar-refractivity contribution in [3.8, 4) is 0 Å². The fourth-order valence-corrected chi connectivity index (χ4v) is 1.40. The zero-order chi connectivity index (χ0) is 9.68. The average molecular weight is 184 g/mol. The van der Waals surface area contributed by atoms with E-state index < -0.39 is 0 Å². The molecule has 0 spiro atoms. The van der Waals surface area contributed by atoms with Gasteiger partial charge in [0.25, 0.3) is 0 Å². The molecule has 1 aliphatic carbocycles. The van der Waals surface area contributed by atoms with Crippen LogP contribution in [-0.2, 0) is 4.79 Å². The molecule has 76 valence electrons. The Kier molecular flexibility index (Phi) is 4.22. The van der Waals surface area contributed by atoms with Crippen LogP contribution >= 0.6 is 0 Å². The lowest BCUT2D eigenvalue weighted by molar-refractivity contribution is -0.121. The van der Waals surface area contributed by atoms with Gasteiger partial charge in [-0.3, -0.25) is 4.79 Å². The van der Waals surface area contributed by atoms with Gasteiger partial charge < -0.3 is 10.6 Å². The fraction of sp³-hybridized carbons (Fsp3) is 0.900. The summed E-state index contributed by atoms with van der Waals surface area (Å²) in [7, 11) is 0. The number of carbonyl (C=O) groups excluding carboxylic acids is 1. The van der Waals surface area contributed by atoms with Crippen molar-refractivity contribution in [1.82, 2.24) is 10.6 Å². The molecule has 0 bridgehead atoms. The van der Waals surface area contributed by atoms with E-state index in [-0.39, 0.29) is 5.91 Å². The third-order valence-corrected chi connectivity index (χ3v) is 2.62. The van der Waals surface area contributed by atoms with E-state index in [0.717, 1.165) is 31.5 Å². The van der Waals surface area contributed by atoms with Gasteiger partial charge in [-0.2, -0.15) is 0 Å². The molecule has 3 heteroatoms. The summed E-state index contributed by atoms with van der Waals surface area (Å²) in [6.45, 7) is 6.89. The molecule has 0 radical (unpaired) electrons. The highest BCUT2D eigenvalue weighted by Crippen LogP contribution is 2.36. The van der Waals surface area contributed by atoms with Crippen molar-refractivity contribution < 1.29 is 4.79 Å². The molecule has 0 aliphatic heterocycles. The molecule has 13 heavy (non-hydrogen) atoms. The van der Waals surface area contributed by atoms with Crippen molar-refractivity contribution in [1.29, 1.82) is 0 Å². The van der Waals surface area contributed by atoms with E-state index in [9.17, 15) is 4.79 Å². The van der Waals surface area contributed by atoms with Gasteiger partial charge >= 0.3 is 0 Å². The highest BCUT2D eigenvalue weighted by molar-refractivity contribution is 5.76. The molecule has 0 aromatic rings. The number of hydrogen-bond acceptors (Lipinski definition) is 2. The van der Waals surface area contributed by atoms with Crippen LogP contribution in [-0.4, -0.2) is 25.5 Å². The average Bonchev–Trinajstić information content (AvgIpc) is 2.79. The van der Waals surface area contributed by atoms with E-state index in [4.69, 9.17) is 0 Å². The highest BCUT2D eigenvalue weighted by atomic mass is 16.1. The van der Waals surface area contributed by atoms with Gasteiger partial charge in [-0.25, -0.2) is 0 Å². The number of carbonyl (C=O) groups is 1. The van der Waals surface area contributed by atoms with Gasteiger partial charge in [0.15, 0.2) is 0 Å². The number of rotatable bonds is 6. The summed E-state index contributed by atoms with van der Waals surface area (Å²) < 4.78 is 0. The van der Waals surface area contributed by atoms with Crippen molar-refractivity contribution in [2.75, 3.05) is 19.6 Å². The zero-order valence-electron chi connectivity index (χ0n) is 8.60. The van der Waals surface area contributed by atoms with Crippen LogP contribution in [0.2, 0.25) is 0 Å². The maximum Gasteiger partial charge on any atom is 0.221 e. The Labute approximate surface area is 80.3 Å². The topological polar surface area (TPSA) is 41.1 Å². The van der Waals surface area contributed by atoms with Crippen LogP contribution < -0.4 is 10.6 Å². The van der Waals surface area contributed by atoms with Gasteiger partial charge in [0.2, 0.25) is 5.91 Å². The molecule has 1 rings (SSSR count). The zero-order valence-corrected chi connectivity index (χ0v) is 8.60. The molecule has 1 fully saturated rings. The number of hydrogen-bond donors (Lipinski definition) is 2. The Morgan fingerprint density at radius 2 is 2.23 bits per heavy atom. The molecule has 2 N–H and O–H groups in total. The first-order chi connectivity index (χ1) is 6.24. The maximum absolute atomic E-state index is 11.2. The van der Waals surface area contributed by atoms with Crippen LogP contribution in [0.4, 0.5) is 0 Å². The first-order valence-corrected chi connectivity index (χ1v) is 5.21. The lowest BCUT2D eigenvalue weighted by Crippen LogP contribution is -2.29. The van der Waals surface area contributed by atoms with Crippen molar-refractivity contribution in [3.63, 3.8) is 0 Å². The van der Waals surface area contributed by atoms with Crippen LogP contribution in [0.5, 0.6) is 0 Å². The molecule has 1 aliphatic rings. The van der Waals surface area contributed by atoms with Crippen LogP contribution in [0.25, 0.3) is 0 Å². The minimum Gasteiger partial charge on any atom is -0.356 e. The van der Waals surface area contributed by atoms with E-state index in [1.807, 2.05) is 6.92 Å². The standard InChI is InChI=1S/C10H20N2O/c1-3-11-5-4-10(13)12-7-9-6-8(9)2/h8-9,11H,3-7H2,1-2H3,(H,12,13). The molecule has 1 amide bonds. The van der Waals surface area contributed by atoms with E-state index in [2.05, 4.69) is 17.6 Å². The van der Waals surface area contributed by atoms with Gasteiger partial charge in [0.05, 0.1) is 0 Å². The minimum absolute atomic E-state index is 0.181. The number of nitrogens with one attached hydrogen (secondary N) is 2. The monoisotopic (exact) mass is 184 g/mol. The van der Waals surface area contributed by atoms with Crippen LogP contribution in [0, 0.1) is 11.8 Å². The SMILES string of the molecule is CCNCCC(=O)NCC1CC1C. The predicted molar refractivity (Wildman–Crippen MR) is 53.4 cm³/mol. The summed E-state index contributed by atoms with van der Waals surface area (Å²) in [5, 5.41) is 6.09. The maximum atomic E-state index is 11.2. The Bertz CT molecular complexity index is 170. The molecule has 0 aromatic carbocycles. The minimum atomic E-state index is 0.181. The summed E-state index contributed by atoms with van der Waals surface area (Å²) >= 11 is 0. The van der Waals surface area contributed by atoms with Crippen molar-refractivity contribution >= 4 is 5.91 Å². The van der Waals surface area contributed by atoms with Crippen LogP contribution in [0.1, 0.15) is 26.7 Å². The summed E-state index contributed by atoms with van der Waals surface area (Å²) in [6, 6.07) is 0. The van der Waals surface area contributed by atoms with Gasteiger partial charge in [0, 0.05) is 19.5 Å². The van der Waals surface area contributed by atoms with E-state index in [0.29, 0.717) is 6.42 Å². The van der Waals surface area contributed by atoms with Crippen molar-refractivity contribution in [2.24, 2.45) is 11.8 Å². The smallest absolute Gasteiger partial charge is 0.221 e. The highest BCUT2D eigenvalue weighted by Gasteiger charge is 2.32. The van der Waals surface area contributed by atoms with Gasteiger partial charge in [-0.15, -0.1) is 0 Å². The molecule has 2 atom stereocenters. The molecule has 0 saturated heterocycles. The molecule has 0 aromatic heterocycles. The van der Waals surface area contributed by atoms with E-state index >= 15 is 0 Å². The second-order valence-corrected chi connectivity index (χ2v) is 3.88. The van der Waals surface area contributed by atoms with Crippen molar-refractivity contribution in [3.05, 3.63) is 0 Å². The molecule has 0 heterocycles. The second kappa shape index (κ2) is 5.22. The summed E-state index contributed by atoms with van der Waals surface area (Å²) in [6.07, 6.45) is 1.89. The van der Waals surface area contributed by atoms with E-state index in [1.165, 1.54) is 6.42 Å². The summed E-state index contributed by atoms with van der Waals surface area (Å²) in [5.41, 5.74) is 0.